The number of aromatic nitrogens is 3. The number of carbonyl (C=O) groups excluding carboxylic acids is 1. The Morgan fingerprint density at radius 3 is 2.69 bits per heavy atom. The van der Waals surface area contributed by atoms with Crippen molar-refractivity contribution in [1.82, 2.24) is 20.5 Å². The lowest BCUT2D eigenvalue weighted by Gasteiger charge is -2.10. The van der Waals surface area contributed by atoms with Crippen LogP contribution in [0, 0.1) is 12.7 Å². The molecule has 3 aromatic rings. The number of benzene rings is 2. The van der Waals surface area contributed by atoms with Gasteiger partial charge in [-0.2, -0.15) is 0 Å². The highest BCUT2D eigenvalue weighted by molar-refractivity contribution is 8.00. The summed E-state index contributed by atoms with van der Waals surface area (Å²) >= 11 is 1.22. The van der Waals surface area contributed by atoms with Crippen molar-refractivity contribution in [2.75, 3.05) is 0 Å². The Balaban J connectivity index is 1.57. The van der Waals surface area contributed by atoms with E-state index in [4.69, 9.17) is 0 Å². The molecule has 26 heavy (non-hydrogen) atoms. The SMILES string of the molecule is Cc1ccc(CNC(=O)C(C)Sc2n[nH]c(-c3ccccc3F)n2)cc1. The van der Waals surface area contributed by atoms with Crippen molar-refractivity contribution in [1.29, 1.82) is 0 Å². The van der Waals surface area contributed by atoms with Gasteiger partial charge in [-0.25, -0.2) is 9.37 Å². The minimum atomic E-state index is -0.371. The van der Waals surface area contributed by atoms with Crippen LogP contribution in [0.5, 0.6) is 0 Å². The summed E-state index contributed by atoms with van der Waals surface area (Å²) in [6, 6.07) is 14.3. The molecule has 0 fully saturated rings. The third-order valence-corrected chi connectivity index (χ3v) is 4.79. The summed E-state index contributed by atoms with van der Waals surface area (Å²) in [7, 11) is 0. The van der Waals surface area contributed by atoms with Gasteiger partial charge in [0.1, 0.15) is 5.82 Å². The zero-order valence-electron chi connectivity index (χ0n) is 14.5. The molecule has 0 radical (unpaired) electrons. The molecule has 0 bridgehead atoms. The Labute approximate surface area is 155 Å². The van der Waals surface area contributed by atoms with Crippen molar-refractivity contribution in [2.24, 2.45) is 0 Å². The van der Waals surface area contributed by atoms with Gasteiger partial charge in [0, 0.05) is 6.54 Å². The van der Waals surface area contributed by atoms with E-state index < -0.39 is 0 Å². The molecule has 0 aliphatic rings. The van der Waals surface area contributed by atoms with Crippen LogP contribution in [0.15, 0.2) is 53.7 Å². The predicted molar refractivity (Wildman–Crippen MR) is 100 cm³/mol. The zero-order chi connectivity index (χ0) is 18.5. The van der Waals surface area contributed by atoms with E-state index in [1.807, 2.05) is 31.2 Å². The van der Waals surface area contributed by atoms with Gasteiger partial charge in [-0.05, 0) is 31.5 Å². The quantitative estimate of drug-likeness (QED) is 0.649. The highest BCUT2D eigenvalue weighted by Crippen LogP contribution is 2.24. The summed E-state index contributed by atoms with van der Waals surface area (Å²) in [4.78, 5) is 16.5. The number of nitrogens with zero attached hydrogens (tertiary/aromatic N) is 2. The summed E-state index contributed by atoms with van der Waals surface area (Å²) in [5.74, 6) is -0.130. The van der Waals surface area contributed by atoms with Crippen molar-refractivity contribution in [3.63, 3.8) is 0 Å². The molecule has 0 aliphatic carbocycles. The number of amides is 1. The van der Waals surface area contributed by atoms with Crippen LogP contribution in [0.4, 0.5) is 4.39 Å². The molecule has 1 heterocycles. The molecule has 0 spiro atoms. The maximum atomic E-state index is 13.8. The van der Waals surface area contributed by atoms with Crippen molar-refractivity contribution < 1.29 is 9.18 Å². The van der Waals surface area contributed by atoms with Gasteiger partial charge in [0.05, 0.1) is 10.8 Å². The molecule has 5 nitrogen and oxygen atoms in total. The first-order valence-corrected chi connectivity index (χ1v) is 9.08. The Hall–Kier alpha value is -2.67. The van der Waals surface area contributed by atoms with Gasteiger partial charge in [-0.1, -0.05) is 53.7 Å². The van der Waals surface area contributed by atoms with Crippen molar-refractivity contribution in [2.45, 2.75) is 30.8 Å². The number of nitrogens with one attached hydrogen (secondary N) is 2. The van der Waals surface area contributed by atoms with Crippen molar-refractivity contribution in [3.05, 3.63) is 65.5 Å². The third-order valence-electron chi connectivity index (χ3n) is 3.83. The maximum Gasteiger partial charge on any atom is 0.233 e. The lowest BCUT2D eigenvalue weighted by atomic mass is 10.1. The van der Waals surface area contributed by atoms with Crippen molar-refractivity contribution >= 4 is 17.7 Å². The largest absolute Gasteiger partial charge is 0.351 e. The number of carbonyl (C=O) groups is 1. The molecular formula is C19H19FN4OS. The minimum absolute atomic E-state index is 0.104. The van der Waals surface area contributed by atoms with Gasteiger partial charge in [-0.15, -0.1) is 5.10 Å². The topological polar surface area (TPSA) is 70.7 Å². The van der Waals surface area contributed by atoms with Crippen LogP contribution in [-0.2, 0) is 11.3 Å². The van der Waals surface area contributed by atoms with Crippen LogP contribution in [0.2, 0.25) is 0 Å². The van der Waals surface area contributed by atoms with Gasteiger partial charge >= 0.3 is 0 Å². The van der Waals surface area contributed by atoms with E-state index in [-0.39, 0.29) is 17.0 Å². The van der Waals surface area contributed by atoms with Gasteiger partial charge in [0.25, 0.3) is 0 Å². The summed E-state index contributed by atoms with van der Waals surface area (Å²) in [6.45, 7) is 4.28. The molecule has 0 saturated carbocycles. The van der Waals surface area contributed by atoms with Crippen molar-refractivity contribution in [3.8, 4) is 11.4 Å². The van der Waals surface area contributed by atoms with Crippen LogP contribution < -0.4 is 5.32 Å². The molecule has 134 valence electrons. The zero-order valence-corrected chi connectivity index (χ0v) is 15.3. The lowest BCUT2D eigenvalue weighted by Crippen LogP contribution is -2.30. The standard InChI is InChI=1S/C19H19FN4OS/c1-12-7-9-14(10-8-12)11-21-18(25)13(2)26-19-22-17(23-24-19)15-5-3-4-6-16(15)20/h3-10,13H,11H2,1-2H3,(H,21,25)(H,22,23,24). The maximum absolute atomic E-state index is 13.8. The Morgan fingerprint density at radius 2 is 1.96 bits per heavy atom. The van der Waals surface area contributed by atoms with Crippen LogP contribution in [-0.4, -0.2) is 26.3 Å². The number of rotatable bonds is 6. The fraction of sp³-hybridized carbons (Fsp3) is 0.211. The second-order valence-corrected chi connectivity index (χ2v) is 7.22. The van der Waals surface area contributed by atoms with Crippen LogP contribution in [0.1, 0.15) is 18.1 Å². The van der Waals surface area contributed by atoms with E-state index in [1.54, 1.807) is 25.1 Å². The fourth-order valence-corrected chi connectivity index (χ4v) is 3.07. The first-order chi connectivity index (χ1) is 12.5. The monoisotopic (exact) mass is 370 g/mol. The molecule has 1 aromatic heterocycles. The first-order valence-electron chi connectivity index (χ1n) is 8.20. The van der Waals surface area contributed by atoms with Gasteiger partial charge in [0.15, 0.2) is 5.82 Å². The van der Waals surface area contributed by atoms with E-state index >= 15 is 0 Å². The number of halogens is 1. The number of aromatic amines is 1. The van der Waals surface area contributed by atoms with E-state index in [2.05, 4.69) is 20.5 Å². The smallest absolute Gasteiger partial charge is 0.233 e. The van der Waals surface area contributed by atoms with Gasteiger partial charge in [0.2, 0.25) is 11.1 Å². The van der Waals surface area contributed by atoms with E-state index in [0.29, 0.717) is 23.1 Å². The van der Waals surface area contributed by atoms with Crippen LogP contribution >= 0.6 is 11.8 Å². The normalized spacial score (nSPS) is 12.0. The number of H-pyrrole nitrogens is 1. The summed E-state index contributed by atoms with van der Waals surface area (Å²) < 4.78 is 13.8. The second-order valence-electron chi connectivity index (χ2n) is 5.91. The molecule has 1 atom stereocenters. The highest BCUT2D eigenvalue weighted by Gasteiger charge is 2.18. The first kappa shape index (κ1) is 18.1. The summed E-state index contributed by atoms with van der Waals surface area (Å²) in [6.07, 6.45) is 0. The van der Waals surface area contributed by atoms with Gasteiger partial charge in [-0.3, -0.25) is 9.89 Å². The molecule has 1 amide bonds. The average Bonchev–Trinajstić information content (AvgIpc) is 3.09. The molecule has 0 aliphatic heterocycles. The molecule has 7 heteroatoms. The molecule has 3 rings (SSSR count). The summed E-state index contributed by atoms with van der Waals surface area (Å²) in [5, 5.41) is 9.71. The number of hydrogen-bond donors (Lipinski definition) is 2. The fourth-order valence-electron chi connectivity index (χ4n) is 2.32. The molecular weight excluding hydrogens is 351 g/mol. The van der Waals surface area contributed by atoms with E-state index in [9.17, 15) is 9.18 Å². The van der Waals surface area contributed by atoms with E-state index in [1.165, 1.54) is 23.4 Å². The minimum Gasteiger partial charge on any atom is -0.351 e. The average molecular weight is 370 g/mol. The molecule has 2 aromatic carbocycles. The summed E-state index contributed by atoms with van der Waals surface area (Å²) in [5.41, 5.74) is 2.57. The highest BCUT2D eigenvalue weighted by atomic mass is 32.2. The number of aryl methyl sites for hydroxylation is 1. The number of thioether (sulfide) groups is 1. The lowest BCUT2D eigenvalue weighted by molar-refractivity contribution is -0.120. The predicted octanol–water partition coefficient (Wildman–Crippen LogP) is 3.72. The second kappa shape index (κ2) is 8.14. The van der Waals surface area contributed by atoms with Crippen LogP contribution in [0.25, 0.3) is 11.4 Å². The molecule has 1 unspecified atom stereocenters. The Morgan fingerprint density at radius 1 is 1.23 bits per heavy atom. The Kier molecular flexibility index (Phi) is 5.68. The van der Waals surface area contributed by atoms with Gasteiger partial charge < -0.3 is 5.32 Å². The van der Waals surface area contributed by atoms with E-state index in [0.717, 1.165) is 5.56 Å². The Bertz CT molecular complexity index is 895. The third kappa shape index (κ3) is 4.49. The molecule has 2 N–H and O–H groups in total. The molecule has 0 saturated heterocycles. The van der Waals surface area contributed by atoms with Crippen LogP contribution in [0.3, 0.4) is 0 Å². The number of hydrogen-bond acceptors (Lipinski definition) is 4.